The molecule has 118 valence electrons. The highest BCUT2D eigenvalue weighted by Crippen LogP contribution is 2.21. The number of carbonyl (C=O) groups excluding carboxylic acids is 1. The minimum atomic E-state index is -0.194. The summed E-state index contributed by atoms with van der Waals surface area (Å²) in [6.07, 6.45) is 4.99. The van der Waals surface area contributed by atoms with Crippen LogP contribution in [0, 0.1) is 0 Å². The molecule has 23 heavy (non-hydrogen) atoms. The smallest absolute Gasteiger partial charge is 0.226 e. The lowest BCUT2D eigenvalue weighted by atomic mass is 10.2. The molecule has 6 nitrogen and oxygen atoms in total. The number of nitrogens with zero attached hydrogens (tertiary/aromatic N) is 2. The van der Waals surface area contributed by atoms with Crippen molar-refractivity contribution in [2.75, 3.05) is 0 Å². The summed E-state index contributed by atoms with van der Waals surface area (Å²) < 4.78 is 5.42. The summed E-state index contributed by atoms with van der Waals surface area (Å²) in [6, 6.07) is 6.96. The van der Waals surface area contributed by atoms with Gasteiger partial charge in [0.2, 0.25) is 11.8 Å². The number of carbonyl (C=O) groups is 1. The Labute approximate surface area is 137 Å². The van der Waals surface area contributed by atoms with E-state index in [2.05, 4.69) is 20.3 Å². The van der Waals surface area contributed by atoms with Crippen LogP contribution in [0.5, 0.6) is 0 Å². The normalized spacial score (nSPS) is 12.1. The predicted octanol–water partition coefficient (Wildman–Crippen LogP) is 3.14. The average molecular weight is 331 g/mol. The van der Waals surface area contributed by atoms with E-state index in [0.717, 1.165) is 5.56 Å². The summed E-state index contributed by atoms with van der Waals surface area (Å²) in [5, 5.41) is 3.50. The van der Waals surface area contributed by atoms with Gasteiger partial charge in [0.05, 0.1) is 18.2 Å². The number of imidazole rings is 1. The van der Waals surface area contributed by atoms with E-state index >= 15 is 0 Å². The fourth-order valence-electron chi connectivity index (χ4n) is 2.15. The number of rotatable bonds is 5. The summed E-state index contributed by atoms with van der Waals surface area (Å²) >= 11 is 5.85. The van der Waals surface area contributed by atoms with E-state index in [1.807, 2.05) is 19.1 Å². The Bertz CT molecular complexity index is 781. The van der Waals surface area contributed by atoms with Crippen LogP contribution in [-0.4, -0.2) is 20.9 Å². The molecular formula is C16H15ClN4O2. The Balaban J connectivity index is 1.62. The van der Waals surface area contributed by atoms with Crippen molar-refractivity contribution < 1.29 is 9.21 Å². The first-order valence-electron chi connectivity index (χ1n) is 7.11. The molecule has 2 N–H and O–H groups in total. The molecule has 1 atom stereocenters. The lowest BCUT2D eigenvalue weighted by Crippen LogP contribution is -2.28. The maximum absolute atomic E-state index is 12.1. The predicted molar refractivity (Wildman–Crippen MR) is 85.8 cm³/mol. The average Bonchev–Trinajstić information content (AvgIpc) is 3.19. The van der Waals surface area contributed by atoms with Crippen molar-refractivity contribution in [3.63, 3.8) is 0 Å². The fourth-order valence-corrected chi connectivity index (χ4v) is 2.28. The van der Waals surface area contributed by atoms with E-state index < -0.39 is 0 Å². The van der Waals surface area contributed by atoms with Gasteiger partial charge in [0.15, 0.2) is 0 Å². The van der Waals surface area contributed by atoms with Crippen LogP contribution in [0.3, 0.4) is 0 Å². The lowest BCUT2D eigenvalue weighted by molar-refractivity contribution is -0.121. The van der Waals surface area contributed by atoms with Crippen LogP contribution >= 0.6 is 11.6 Å². The van der Waals surface area contributed by atoms with Gasteiger partial charge in [-0.1, -0.05) is 11.6 Å². The third-order valence-corrected chi connectivity index (χ3v) is 3.54. The van der Waals surface area contributed by atoms with Gasteiger partial charge in [-0.2, -0.15) is 0 Å². The van der Waals surface area contributed by atoms with Crippen LogP contribution in [0.15, 0.2) is 47.3 Å². The Kier molecular flexibility index (Phi) is 4.43. The van der Waals surface area contributed by atoms with E-state index in [-0.39, 0.29) is 18.4 Å². The van der Waals surface area contributed by atoms with Gasteiger partial charge >= 0.3 is 0 Å². The second kappa shape index (κ2) is 6.66. The molecule has 0 aliphatic heterocycles. The SMILES string of the molecule is C[C@@H](NC(=O)Cc1coc(-c2ccc(Cl)cc2)n1)c1ncc[nH]1. The monoisotopic (exact) mass is 330 g/mol. The Hall–Kier alpha value is -2.60. The van der Waals surface area contributed by atoms with Gasteiger partial charge in [0.25, 0.3) is 0 Å². The number of hydrogen-bond acceptors (Lipinski definition) is 4. The van der Waals surface area contributed by atoms with Crippen molar-refractivity contribution in [2.45, 2.75) is 19.4 Å². The Morgan fingerprint density at radius 3 is 2.87 bits per heavy atom. The van der Waals surface area contributed by atoms with Gasteiger partial charge in [-0.15, -0.1) is 0 Å². The highest BCUT2D eigenvalue weighted by molar-refractivity contribution is 6.30. The highest BCUT2D eigenvalue weighted by atomic mass is 35.5. The summed E-state index contributed by atoms with van der Waals surface area (Å²) in [6.45, 7) is 1.86. The van der Waals surface area contributed by atoms with Crippen LogP contribution in [-0.2, 0) is 11.2 Å². The van der Waals surface area contributed by atoms with Crippen LogP contribution in [0.25, 0.3) is 11.5 Å². The highest BCUT2D eigenvalue weighted by Gasteiger charge is 2.14. The van der Waals surface area contributed by atoms with Crippen LogP contribution < -0.4 is 5.32 Å². The standard InChI is InChI=1S/C16H15ClN4O2/c1-10(15-18-6-7-19-15)20-14(22)8-13-9-23-16(21-13)11-2-4-12(17)5-3-11/h2-7,9-10H,8H2,1H3,(H,18,19)(H,20,22)/t10-/m1/s1. The zero-order valence-electron chi connectivity index (χ0n) is 12.4. The van der Waals surface area contributed by atoms with Crippen molar-refractivity contribution in [3.8, 4) is 11.5 Å². The number of aromatic nitrogens is 3. The summed E-state index contributed by atoms with van der Waals surface area (Å²) in [7, 11) is 0. The van der Waals surface area contributed by atoms with E-state index in [1.54, 1.807) is 24.5 Å². The number of H-pyrrole nitrogens is 1. The van der Waals surface area contributed by atoms with E-state index in [4.69, 9.17) is 16.0 Å². The van der Waals surface area contributed by atoms with Crippen molar-refractivity contribution in [2.24, 2.45) is 0 Å². The second-order valence-electron chi connectivity index (χ2n) is 5.09. The summed E-state index contributed by atoms with van der Waals surface area (Å²) in [5.41, 5.74) is 1.38. The number of nitrogens with one attached hydrogen (secondary N) is 2. The molecule has 2 heterocycles. The third-order valence-electron chi connectivity index (χ3n) is 3.29. The lowest BCUT2D eigenvalue weighted by Gasteiger charge is -2.10. The third kappa shape index (κ3) is 3.78. The van der Waals surface area contributed by atoms with Crippen molar-refractivity contribution >= 4 is 17.5 Å². The molecule has 0 unspecified atom stereocenters. The molecule has 3 rings (SSSR count). The first kappa shape index (κ1) is 15.3. The number of hydrogen-bond donors (Lipinski definition) is 2. The van der Waals surface area contributed by atoms with Crippen molar-refractivity contribution in [1.82, 2.24) is 20.3 Å². The molecule has 1 aromatic carbocycles. The van der Waals surface area contributed by atoms with Gasteiger partial charge in [-0.05, 0) is 31.2 Å². The number of amides is 1. The first-order valence-corrected chi connectivity index (χ1v) is 7.48. The van der Waals surface area contributed by atoms with E-state index in [9.17, 15) is 4.79 Å². The Morgan fingerprint density at radius 2 is 2.17 bits per heavy atom. The number of aromatic amines is 1. The van der Waals surface area contributed by atoms with Crippen LogP contribution in [0.2, 0.25) is 5.02 Å². The molecule has 7 heteroatoms. The van der Waals surface area contributed by atoms with Crippen molar-refractivity contribution in [1.29, 1.82) is 0 Å². The fraction of sp³-hybridized carbons (Fsp3) is 0.188. The quantitative estimate of drug-likeness (QED) is 0.752. The van der Waals surface area contributed by atoms with Crippen LogP contribution in [0.1, 0.15) is 24.5 Å². The largest absolute Gasteiger partial charge is 0.444 e. The summed E-state index contributed by atoms with van der Waals surface area (Å²) in [4.78, 5) is 23.5. The minimum absolute atomic E-state index is 0.141. The number of benzene rings is 1. The number of oxazole rings is 1. The maximum atomic E-state index is 12.1. The molecule has 3 aromatic rings. The topological polar surface area (TPSA) is 83.8 Å². The van der Waals surface area contributed by atoms with Gasteiger partial charge in [0, 0.05) is 23.0 Å². The zero-order valence-corrected chi connectivity index (χ0v) is 13.2. The molecule has 0 bridgehead atoms. The molecule has 0 radical (unpaired) electrons. The zero-order chi connectivity index (χ0) is 16.2. The van der Waals surface area contributed by atoms with Crippen LogP contribution in [0.4, 0.5) is 0 Å². The van der Waals surface area contributed by atoms with Gasteiger partial charge in [0.1, 0.15) is 12.1 Å². The summed E-state index contributed by atoms with van der Waals surface area (Å²) in [5.74, 6) is 1.02. The molecule has 0 aliphatic carbocycles. The Morgan fingerprint density at radius 1 is 1.39 bits per heavy atom. The van der Waals surface area contributed by atoms with E-state index in [0.29, 0.717) is 22.4 Å². The molecule has 0 aliphatic rings. The molecule has 1 amide bonds. The molecule has 2 aromatic heterocycles. The molecule has 0 saturated carbocycles. The van der Waals surface area contributed by atoms with Crippen molar-refractivity contribution in [3.05, 3.63) is 59.5 Å². The number of halogens is 1. The molecule has 0 fully saturated rings. The second-order valence-corrected chi connectivity index (χ2v) is 5.53. The minimum Gasteiger partial charge on any atom is -0.444 e. The van der Waals surface area contributed by atoms with E-state index in [1.165, 1.54) is 6.26 Å². The first-order chi connectivity index (χ1) is 11.1. The maximum Gasteiger partial charge on any atom is 0.226 e. The molecule has 0 spiro atoms. The van der Waals surface area contributed by atoms with Gasteiger partial charge < -0.3 is 14.7 Å². The molecular weight excluding hydrogens is 316 g/mol. The molecule has 0 saturated heterocycles. The van der Waals surface area contributed by atoms with Gasteiger partial charge in [-0.3, -0.25) is 4.79 Å². The van der Waals surface area contributed by atoms with Gasteiger partial charge in [-0.25, -0.2) is 9.97 Å².